The summed E-state index contributed by atoms with van der Waals surface area (Å²) in [5, 5.41) is 17.9. The summed E-state index contributed by atoms with van der Waals surface area (Å²) >= 11 is 0. The second kappa shape index (κ2) is 3.39. The zero-order valence-electron chi connectivity index (χ0n) is 6.54. The number of phenolic OH excluding ortho intramolecular Hbond substituents is 1. The first-order valence-electron chi connectivity index (χ1n) is 3.69. The number of rotatable bonds is 2. The van der Waals surface area contributed by atoms with Crippen LogP contribution < -0.4 is 0 Å². The molecule has 0 saturated carbocycles. The van der Waals surface area contributed by atoms with Gasteiger partial charge in [-0.2, -0.15) is 0 Å². The molecule has 1 rings (SSSR count). The van der Waals surface area contributed by atoms with Crippen molar-refractivity contribution >= 4 is 0 Å². The molecule has 0 heterocycles. The van der Waals surface area contributed by atoms with Crippen molar-refractivity contribution in [2.75, 3.05) is 0 Å². The van der Waals surface area contributed by atoms with Crippen molar-refractivity contribution in [3.05, 3.63) is 29.3 Å². The van der Waals surface area contributed by atoms with Crippen LogP contribution in [0.3, 0.4) is 0 Å². The molecule has 0 aliphatic heterocycles. The van der Waals surface area contributed by atoms with Gasteiger partial charge in [0.2, 0.25) is 0 Å². The first-order valence-corrected chi connectivity index (χ1v) is 3.69. The normalized spacial score (nSPS) is 10.0. The predicted octanol–water partition coefficient (Wildman–Crippen LogP) is 1.45. The molecule has 0 aliphatic carbocycles. The number of hydrogen-bond donors (Lipinski definition) is 2. The Morgan fingerprint density at radius 2 is 2.00 bits per heavy atom. The van der Waals surface area contributed by atoms with Gasteiger partial charge in [-0.3, -0.25) is 0 Å². The zero-order chi connectivity index (χ0) is 8.27. The first kappa shape index (κ1) is 8.08. The van der Waals surface area contributed by atoms with E-state index in [1.807, 2.05) is 6.92 Å². The topological polar surface area (TPSA) is 40.5 Å². The highest BCUT2D eigenvalue weighted by molar-refractivity contribution is 5.34. The van der Waals surface area contributed by atoms with Crippen molar-refractivity contribution in [2.45, 2.75) is 20.0 Å². The molecule has 60 valence electrons. The quantitative estimate of drug-likeness (QED) is 0.673. The van der Waals surface area contributed by atoms with Crippen LogP contribution in [0.15, 0.2) is 18.2 Å². The second-order valence-corrected chi connectivity index (χ2v) is 2.46. The molecule has 11 heavy (non-hydrogen) atoms. The van der Waals surface area contributed by atoms with Crippen LogP contribution in [0, 0.1) is 0 Å². The van der Waals surface area contributed by atoms with Crippen LogP contribution in [0.4, 0.5) is 0 Å². The minimum absolute atomic E-state index is 0.0451. The van der Waals surface area contributed by atoms with E-state index >= 15 is 0 Å². The van der Waals surface area contributed by atoms with Gasteiger partial charge in [-0.05, 0) is 29.7 Å². The van der Waals surface area contributed by atoms with E-state index in [2.05, 4.69) is 0 Å². The number of aromatic hydroxyl groups is 1. The van der Waals surface area contributed by atoms with Crippen molar-refractivity contribution in [2.24, 2.45) is 0 Å². The summed E-state index contributed by atoms with van der Waals surface area (Å²) in [4.78, 5) is 0. The fraction of sp³-hybridized carbons (Fsp3) is 0.333. The Labute approximate surface area is 66.1 Å². The maximum atomic E-state index is 9.08. The summed E-state index contributed by atoms with van der Waals surface area (Å²) < 4.78 is 0. The van der Waals surface area contributed by atoms with Crippen molar-refractivity contribution < 1.29 is 10.2 Å². The number of aliphatic hydroxyl groups excluding tert-OH is 1. The van der Waals surface area contributed by atoms with Gasteiger partial charge >= 0.3 is 0 Å². The van der Waals surface area contributed by atoms with Crippen LogP contribution in [0.2, 0.25) is 0 Å². The van der Waals surface area contributed by atoms with Gasteiger partial charge in [0.25, 0.3) is 0 Å². The van der Waals surface area contributed by atoms with Crippen LogP contribution in [0.1, 0.15) is 18.1 Å². The second-order valence-electron chi connectivity index (χ2n) is 2.46. The van der Waals surface area contributed by atoms with Crippen molar-refractivity contribution in [3.8, 4) is 5.75 Å². The van der Waals surface area contributed by atoms with E-state index in [9.17, 15) is 0 Å². The molecule has 2 N–H and O–H groups in total. The molecule has 0 fully saturated rings. The fourth-order valence-corrected chi connectivity index (χ4v) is 1.10. The van der Waals surface area contributed by atoms with E-state index in [-0.39, 0.29) is 12.4 Å². The molecule has 1 aromatic carbocycles. The van der Waals surface area contributed by atoms with E-state index in [1.54, 1.807) is 18.2 Å². The number of phenols is 1. The largest absolute Gasteiger partial charge is 0.508 e. The van der Waals surface area contributed by atoms with E-state index in [0.717, 1.165) is 17.5 Å². The maximum Gasteiger partial charge on any atom is 0.115 e. The molecule has 2 heteroatoms. The molecular weight excluding hydrogens is 140 g/mol. The zero-order valence-corrected chi connectivity index (χ0v) is 6.54. The minimum atomic E-state index is 0.0451. The molecule has 0 aromatic heterocycles. The van der Waals surface area contributed by atoms with Crippen LogP contribution >= 0.6 is 0 Å². The lowest BCUT2D eigenvalue weighted by Gasteiger charge is -2.04. The Kier molecular flexibility index (Phi) is 2.49. The van der Waals surface area contributed by atoms with E-state index in [0.29, 0.717) is 0 Å². The molecule has 0 saturated heterocycles. The Hall–Kier alpha value is -1.02. The minimum Gasteiger partial charge on any atom is -0.508 e. The summed E-state index contributed by atoms with van der Waals surface area (Å²) in [5.74, 6) is 0.263. The lowest BCUT2D eigenvalue weighted by Crippen LogP contribution is -1.90. The van der Waals surface area contributed by atoms with E-state index < -0.39 is 0 Å². The number of hydrogen-bond acceptors (Lipinski definition) is 2. The van der Waals surface area contributed by atoms with Crippen LogP contribution in [0.25, 0.3) is 0 Å². The van der Waals surface area contributed by atoms with Gasteiger partial charge in [-0.15, -0.1) is 0 Å². The lowest BCUT2D eigenvalue weighted by molar-refractivity contribution is 0.280. The Balaban J connectivity index is 3.06. The summed E-state index contributed by atoms with van der Waals surface area (Å²) in [6.07, 6.45) is 0.838. The van der Waals surface area contributed by atoms with Gasteiger partial charge in [0.15, 0.2) is 0 Å². The molecule has 0 amide bonds. The first-order chi connectivity index (χ1) is 5.27. The Morgan fingerprint density at radius 3 is 2.55 bits per heavy atom. The molecule has 0 spiro atoms. The Morgan fingerprint density at radius 1 is 1.27 bits per heavy atom. The fourth-order valence-electron chi connectivity index (χ4n) is 1.10. The highest BCUT2D eigenvalue weighted by Crippen LogP contribution is 2.16. The van der Waals surface area contributed by atoms with Gasteiger partial charge < -0.3 is 10.2 Å². The standard InChI is InChI=1S/C9H12O2/c1-2-7-5-9(11)4-3-8(7)6-10/h3-5,10-11H,2,6H2,1H3. The maximum absolute atomic E-state index is 9.08. The molecule has 0 radical (unpaired) electrons. The lowest BCUT2D eigenvalue weighted by atomic mass is 10.1. The number of aliphatic hydroxyl groups is 1. The molecule has 0 unspecified atom stereocenters. The molecule has 2 nitrogen and oxygen atoms in total. The van der Waals surface area contributed by atoms with Gasteiger partial charge in [0.05, 0.1) is 6.61 Å². The van der Waals surface area contributed by atoms with Gasteiger partial charge in [0.1, 0.15) is 5.75 Å². The van der Waals surface area contributed by atoms with Gasteiger partial charge in [-0.1, -0.05) is 13.0 Å². The molecule has 0 aliphatic rings. The predicted molar refractivity (Wildman–Crippen MR) is 43.4 cm³/mol. The van der Waals surface area contributed by atoms with Gasteiger partial charge in [0, 0.05) is 0 Å². The molecule has 1 aromatic rings. The Bertz CT molecular complexity index is 243. The third kappa shape index (κ3) is 1.71. The van der Waals surface area contributed by atoms with E-state index in [4.69, 9.17) is 10.2 Å². The third-order valence-corrected chi connectivity index (χ3v) is 1.74. The summed E-state index contributed by atoms with van der Waals surface area (Å²) in [7, 11) is 0. The number of benzene rings is 1. The van der Waals surface area contributed by atoms with Gasteiger partial charge in [-0.25, -0.2) is 0 Å². The van der Waals surface area contributed by atoms with Crippen LogP contribution in [0.5, 0.6) is 5.75 Å². The highest BCUT2D eigenvalue weighted by atomic mass is 16.3. The molecule has 0 bridgehead atoms. The van der Waals surface area contributed by atoms with E-state index in [1.165, 1.54) is 0 Å². The van der Waals surface area contributed by atoms with Crippen molar-refractivity contribution in [1.82, 2.24) is 0 Å². The number of aryl methyl sites for hydroxylation is 1. The highest BCUT2D eigenvalue weighted by Gasteiger charge is 1.99. The summed E-state index contributed by atoms with van der Waals surface area (Å²) in [5.41, 5.74) is 1.90. The average molecular weight is 152 g/mol. The summed E-state index contributed by atoms with van der Waals surface area (Å²) in [6, 6.07) is 5.02. The van der Waals surface area contributed by atoms with Crippen LogP contribution in [-0.2, 0) is 13.0 Å². The third-order valence-electron chi connectivity index (χ3n) is 1.74. The molecule has 0 atom stereocenters. The van der Waals surface area contributed by atoms with Crippen molar-refractivity contribution in [3.63, 3.8) is 0 Å². The monoisotopic (exact) mass is 152 g/mol. The SMILES string of the molecule is CCc1cc(O)ccc1CO. The molecular formula is C9H12O2. The average Bonchev–Trinajstić information content (AvgIpc) is 2.04. The summed E-state index contributed by atoms with van der Waals surface area (Å²) in [6.45, 7) is 2.04. The van der Waals surface area contributed by atoms with Crippen molar-refractivity contribution in [1.29, 1.82) is 0 Å². The van der Waals surface area contributed by atoms with Crippen LogP contribution in [-0.4, -0.2) is 10.2 Å². The smallest absolute Gasteiger partial charge is 0.115 e.